The van der Waals surface area contributed by atoms with E-state index in [2.05, 4.69) is 5.10 Å². The molecule has 0 aliphatic carbocycles. The van der Waals surface area contributed by atoms with Crippen molar-refractivity contribution in [3.05, 3.63) is 76.6 Å². The standard InChI is InChI=1S/C21H17N3O3/c1-15(25)27-13-12-24-21(26)18(14-22)19(16-8-4-2-5-9-16)20(23-24)17-10-6-3-7-11-17/h2-11H,12-13H2,1H3. The molecule has 0 aliphatic heterocycles. The number of carbonyl (C=O) groups excluding carboxylic acids is 1. The molecule has 0 radical (unpaired) electrons. The number of nitrogens with zero attached hydrogens (tertiary/aromatic N) is 3. The third-order valence-corrected chi connectivity index (χ3v) is 3.99. The van der Waals surface area contributed by atoms with Crippen LogP contribution < -0.4 is 5.56 Å². The van der Waals surface area contributed by atoms with Crippen LogP contribution in [0, 0.1) is 11.3 Å². The fraction of sp³-hybridized carbons (Fsp3) is 0.143. The highest BCUT2D eigenvalue weighted by Crippen LogP contribution is 2.31. The summed E-state index contributed by atoms with van der Waals surface area (Å²) >= 11 is 0. The molecular formula is C21H17N3O3. The van der Waals surface area contributed by atoms with E-state index in [0.717, 1.165) is 11.1 Å². The van der Waals surface area contributed by atoms with Gasteiger partial charge < -0.3 is 4.74 Å². The Kier molecular flexibility index (Phi) is 5.43. The molecule has 0 aliphatic rings. The van der Waals surface area contributed by atoms with Gasteiger partial charge in [-0.2, -0.15) is 10.4 Å². The molecule has 3 rings (SSSR count). The van der Waals surface area contributed by atoms with Gasteiger partial charge >= 0.3 is 5.97 Å². The molecule has 6 nitrogen and oxygen atoms in total. The Morgan fingerprint density at radius 2 is 1.67 bits per heavy atom. The van der Waals surface area contributed by atoms with Crippen LogP contribution >= 0.6 is 0 Å². The molecule has 0 amide bonds. The van der Waals surface area contributed by atoms with Crippen LogP contribution in [0.1, 0.15) is 12.5 Å². The molecule has 0 fully saturated rings. The molecule has 0 N–H and O–H groups in total. The summed E-state index contributed by atoms with van der Waals surface area (Å²) in [6.45, 7) is 1.37. The lowest BCUT2D eigenvalue weighted by molar-refractivity contribution is -0.141. The van der Waals surface area contributed by atoms with Crippen LogP contribution in [-0.4, -0.2) is 22.4 Å². The lowest BCUT2D eigenvalue weighted by Gasteiger charge is -2.14. The van der Waals surface area contributed by atoms with Crippen molar-refractivity contribution in [2.75, 3.05) is 6.61 Å². The number of hydrogen-bond donors (Lipinski definition) is 0. The Morgan fingerprint density at radius 1 is 1.07 bits per heavy atom. The number of carbonyl (C=O) groups is 1. The van der Waals surface area contributed by atoms with Crippen molar-refractivity contribution in [3.63, 3.8) is 0 Å². The molecule has 0 saturated carbocycles. The molecule has 2 aromatic carbocycles. The number of aromatic nitrogens is 2. The molecule has 0 spiro atoms. The average molecular weight is 359 g/mol. The van der Waals surface area contributed by atoms with Gasteiger partial charge in [-0.25, -0.2) is 4.68 Å². The van der Waals surface area contributed by atoms with Crippen molar-refractivity contribution < 1.29 is 9.53 Å². The summed E-state index contributed by atoms with van der Waals surface area (Å²) in [6.07, 6.45) is 0. The van der Waals surface area contributed by atoms with Gasteiger partial charge in [-0.15, -0.1) is 0 Å². The van der Waals surface area contributed by atoms with Crippen molar-refractivity contribution >= 4 is 5.97 Å². The summed E-state index contributed by atoms with van der Waals surface area (Å²) in [5.41, 5.74) is 2.05. The van der Waals surface area contributed by atoms with E-state index in [4.69, 9.17) is 4.74 Å². The zero-order chi connectivity index (χ0) is 19.2. The van der Waals surface area contributed by atoms with E-state index in [1.165, 1.54) is 11.6 Å². The third kappa shape index (κ3) is 3.93. The Balaban J connectivity index is 2.23. The van der Waals surface area contributed by atoms with Gasteiger partial charge in [0.05, 0.1) is 6.54 Å². The summed E-state index contributed by atoms with van der Waals surface area (Å²) in [5.74, 6) is -0.437. The quantitative estimate of drug-likeness (QED) is 0.654. The van der Waals surface area contributed by atoms with Crippen LogP contribution in [0.15, 0.2) is 65.5 Å². The monoisotopic (exact) mass is 359 g/mol. The summed E-state index contributed by atoms with van der Waals surface area (Å²) in [4.78, 5) is 23.8. The molecule has 27 heavy (non-hydrogen) atoms. The molecule has 3 aromatic rings. The second-order valence-corrected chi connectivity index (χ2v) is 5.81. The van der Waals surface area contributed by atoms with Crippen LogP contribution in [0.25, 0.3) is 22.4 Å². The van der Waals surface area contributed by atoms with Crippen molar-refractivity contribution in [1.29, 1.82) is 5.26 Å². The number of hydrogen-bond acceptors (Lipinski definition) is 5. The first-order valence-corrected chi connectivity index (χ1v) is 8.41. The first-order valence-electron chi connectivity index (χ1n) is 8.41. The van der Waals surface area contributed by atoms with Crippen molar-refractivity contribution in [2.45, 2.75) is 13.5 Å². The van der Waals surface area contributed by atoms with E-state index in [-0.39, 0.29) is 18.7 Å². The fourth-order valence-electron chi connectivity index (χ4n) is 2.79. The zero-order valence-electron chi connectivity index (χ0n) is 14.8. The second kappa shape index (κ2) is 8.11. The highest BCUT2D eigenvalue weighted by molar-refractivity contribution is 5.84. The topological polar surface area (TPSA) is 85.0 Å². The molecule has 0 unspecified atom stereocenters. The van der Waals surface area contributed by atoms with Crippen molar-refractivity contribution in [1.82, 2.24) is 9.78 Å². The number of benzene rings is 2. The van der Waals surface area contributed by atoms with E-state index >= 15 is 0 Å². The van der Waals surface area contributed by atoms with Gasteiger partial charge in [0.25, 0.3) is 5.56 Å². The second-order valence-electron chi connectivity index (χ2n) is 5.81. The van der Waals surface area contributed by atoms with E-state index < -0.39 is 11.5 Å². The zero-order valence-corrected chi connectivity index (χ0v) is 14.8. The van der Waals surface area contributed by atoms with Crippen LogP contribution in [0.3, 0.4) is 0 Å². The van der Waals surface area contributed by atoms with Gasteiger partial charge in [-0.05, 0) is 5.56 Å². The summed E-state index contributed by atoms with van der Waals surface area (Å²) in [5, 5.41) is 14.2. The maximum atomic E-state index is 12.8. The third-order valence-electron chi connectivity index (χ3n) is 3.99. The molecular weight excluding hydrogens is 342 g/mol. The van der Waals surface area contributed by atoms with E-state index in [1.54, 1.807) is 0 Å². The lowest BCUT2D eigenvalue weighted by atomic mass is 9.96. The van der Waals surface area contributed by atoms with Crippen molar-refractivity contribution in [2.24, 2.45) is 0 Å². The average Bonchev–Trinajstić information content (AvgIpc) is 2.70. The Morgan fingerprint density at radius 3 is 2.22 bits per heavy atom. The molecule has 0 atom stereocenters. The Bertz CT molecular complexity index is 1050. The number of nitriles is 1. The Hall–Kier alpha value is -3.72. The van der Waals surface area contributed by atoms with E-state index in [9.17, 15) is 14.9 Å². The van der Waals surface area contributed by atoms with Crippen LogP contribution in [0.2, 0.25) is 0 Å². The number of esters is 1. The molecule has 6 heteroatoms. The maximum Gasteiger partial charge on any atom is 0.302 e. The molecule has 1 aromatic heterocycles. The predicted octanol–water partition coefficient (Wildman–Crippen LogP) is 3.01. The van der Waals surface area contributed by atoms with E-state index in [0.29, 0.717) is 11.3 Å². The minimum absolute atomic E-state index is 0.00597. The van der Waals surface area contributed by atoms with Gasteiger partial charge in [-0.3, -0.25) is 9.59 Å². The van der Waals surface area contributed by atoms with Gasteiger partial charge in [0.2, 0.25) is 0 Å². The predicted molar refractivity (Wildman–Crippen MR) is 101 cm³/mol. The van der Waals surface area contributed by atoms with Gasteiger partial charge in [0.1, 0.15) is 23.9 Å². The van der Waals surface area contributed by atoms with Crippen LogP contribution in [0.4, 0.5) is 0 Å². The summed E-state index contributed by atoms with van der Waals surface area (Å²) < 4.78 is 6.09. The van der Waals surface area contributed by atoms with Gasteiger partial charge in [0, 0.05) is 18.1 Å². The molecule has 0 bridgehead atoms. The molecule has 134 valence electrons. The largest absolute Gasteiger partial charge is 0.464 e. The molecule has 0 saturated heterocycles. The highest BCUT2D eigenvalue weighted by atomic mass is 16.5. The smallest absolute Gasteiger partial charge is 0.302 e. The van der Waals surface area contributed by atoms with Gasteiger partial charge in [-0.1, -0.05) is 60.7 Å². The van der Waals surface area contributed by atoms with E-state index in [1.807, 2.05) is 66.7 Å². The highest BCUT2D eigenvalue weighted by Gasteiger charge is 2.20. The molecule has 1 heterocycles. The fourth-order valence-corrected chi connectivity index (χ4v) is 2.79. The normalized spacial score (nSPS) is 10.2. The van der Waals surface area contributed by atoms with Gasteiger partial charge in [0.15, 0.2) is 0 Å². The first kappa shape index (κ1) is 18.1. The van der Waals surface area contributed by atoms with Crippen molar-refractivity contribution in [3.8, 4) is 28.5 Å². The SMILES string of the molecule is CC(=O)OCCn1nc(-c2ccccc2)c(-c2ccccc2)c(C#N)c1=O. The van der Waals surface area contributed by atoms with Crippen LogP contribution in [0.5, 0.6) is 0 Å². The summed E-state index contributed by atoms with van der Waals surface area (Å²) in [7, 11) is 0. The lowest BCUT2D eigenvalue weighted by Crippen LogP contribution is -2.29. The number of ether oxygens (including phenoxy) is 1. The first-order chi connectivity index (χ1) is 13.1. The summed E-state index contributed by atoms with van der Waals surface area (Å²) in [6, 6.07) is 20.6. The van der Waals surface area contributed by atoms with Crippen LogP contribution in [-0.2, 0) is 16.1 Å². The number of rotatable bonds is 5. The Labute approximate surface area is 156 Å². The minimum atomic E-state index is -0.511. The maximum absolute atomic E-state index is 12.8. The minimum Gasteiger partial charge on any atom is -0.464 e.